The second-order valence-corrected chi connectivity index (χ2v) is 13.6. The van der Waals surface area contributed by atoms with Crippen molar-refractivity contribution < 1.29 is 23.1 Å². The van der Waals surface area contributed by atoms with Crippen LogP contribution >= 0.6 is 23.1 Å². The lowest BCUT2D eigenvalue weighted by Gasteiger charge is -2.30. The summed E-state index contributed by atoms with van der Waals surface area (Å²) in [7, 11) is -4.21. The third-order valence-electron chi connectivity index (χ3n) is 6.70. The van der Waals surface area contributed by atoms with E-state index in [1.807, 2.05) is 24.3 Å². The summed E-state index contributed by atoms with van der Waals surface area (Å²) in [4.78, 5) is 38.0. The number of nitrogens with two attached hydrogens (primary N) is 1. The predicted molar refractivity (Wildman–Crippen MR) is 162 cm³/mol. The average Bonchev–Trinajstić information content (AvgIpc) is 3.40. The Hall–Kier alpha value is -4.45. The highest BCUT2D eigenvalue weighted by Gasteiger charge is 2.33. The van der Waals surface area contributed by atoms with Crippen molar-refractivity contribution in [2.24, 2.45) is 16.8 Å². The summed E-state index contributed by atoms with van der Waals surface area (Å²) in [5, 5.41) is 27.3. The molecule has 3 aromatic carbocycles. The number of primary amides is 1. The predicted octanol–water partition coefficient (Wildman–Crippen LogP) is 4.60. The van der Waals surface area contributed by atoms with Crippen molar-refractivity contribution in [1.82, 2.24) is 9.29 Å². The molecule has 0 unspecified atom stereocenters. The number of hydrazone groups is 1. The van der Waals surface area contributed by atoms with Crippen molar-refractivity contribution in [1.29, 1.82) is 0 Å². The Morgan fingerprint density at radius 3 is 2.51 bits per heavy atom. The summed E-state index contributed by atoms with van der Waals surface area (Å²) in [6.45, 7) is 0.0404. The highest BCUT2D eigenvalue weighted by Crippen LogP contribution is 2.39. The zero-order valence-corrected chi connectivity index (χ0v) is 24.6. The first-order chi connectivity index (χ1) is 20.5. The number of aromatic nitrogens is 1. The van der Waals surface area contributed by atoms with E-state index < -0.39 is 37.4 Å². The topological polar surface area (TPSA) is 204 Å². The van der Waals surface area contributed by atoms with Gasteiger partial charge in [0, 0.05) is 42.8 Å². The molecule has 4 aromatic rings. The molecule has 1 aliphatic rings. The molecule has 1 saturated heterocycles. The number of nitro benzene ring substituents is 2. The minimum absolute atomic E-state index is 0.0202. The van der Waals surface area contributed by atoms with Gasteiger partial charge in [0.25, 0.3) is 11.4 Å². The van der Waals surface area contributed by atoms with Crippen molar-refractivity contribution in [3.63, 3.8) is 0 Å². The van der Waals surface area contributed by atoms with Crippen LogP contribution in [0.15, 0.2) is 79.9 Å². The Kier molecular flexibility index (Phi) is 8.67. The largest absolute Gasteiger partial charge is 0.369 e. The van der Waals surface area contributed by atoms with Gasteiger partial charge in [-0.15, -0.1) is 11.3 Å². The Labute approximate surface area is 253 Å². The number of rotatable bonds is 10. The van der Waals surface area contributed by atoms with E-state index in [1.165, 1.54) is 41.4 Å². The summed E-state index contributed by atoms with van der Waals surface area (Å²) in [5.74, 6) is -0.957. The highest BCUT2D eigenvalue weighted by molar-refractivity contribution is 8.01. The number of sulfonamides is 1. The number of nitrogens with one attached hydrogen (secondary N) is 1. The first-order valence-corrected chi connectivity index (χ1v) is 15.8. The smallest absolute Gasteiger partial charge is 0.283 e. The molecule has 0 bridgehead atoms. The standard InChI is InChI=1S/C26H23N7O7S3/c27-25(34)17-9-11-31(12-10-17)43(39,40)24-14-18(32(35)36)6-7-20(24)30-28-15-16-5-8-23(21(13-16)33(37)38)42-26-29-19-3-1-2-4-22(19)41-26/h1-8,13-15,17,30H,9-12H2,(H2,27,34)/b28-15-. The van der Waals surface area contributed by atoms with Crippen molar-refractivity contribution >= 4 is 72.5 Å². The number of para-hydroxylation sites is 1. The lowest BCUT2D eigenvalue weighted by Crippen LogP contribution is -2.41. The molecular weight excluding hydrogens is 619 g/mol. The summed E-state index contributed by atoms with van der Waals surface area (Å²) in [6.07, 6.45) is 1.74. The number of hydrogen-bond donors (Lipinski definition) is 2. The Bertz CT molecular complexity index is 1840. The van der Waals surface area contributed by atoms with Crippen molar-refractivity contribution in [3.8, 4) is 0 Å². The normalized spacial score (nSPS) is 14.7. The maximum absolute atomic E-state index is 13.5. The number of fused-ring (bicyclic) bond motifs is 1. The molecule has 17 heteroatoms. The molecule has 2 heterocycles. The minimum atomic E-state index is -4.21. The summed E-state index contributed by atoms with van der Waals surface area (Å²) in [5.41, 5.74) is 8.48. The molecule has 0 saturated carbocycles. The molecule has 0 atom stereocenters. The van der Waals surface area contributed by atoms with Crippen molar-refractivity contribution in [2.45, 2.75) is 27.0 Å². The van der Waals surface area contributed by atoms with Gasteiger partial charge in [-0.05, 0) is 37.1 Å². The Morgan fingerprint density at radius 2 is 1.84 bits per heavy atom. The number of non-ortho nitro benzene ring substituents is 1. The van der Waals surface area contributed by atoms with E-state index in [1.54, 1.807) is 12.1 Å². The molecule has 222 valence electrons. The zero-order valence-electron chi connectivity index (χ0n) is 22.2. The molecule has 0 spiro atoms. The second kappa shape index (κ2) is 12.4. The van der Waals surface area contributed by atoms with Gasteiger partial charge in [-0.3, -0.25) is 30.4 Å². The van der Waals surface area contributed by atoms with E-state index in [4.69, 9.17) is 5.73 Å². The summed E-state index contributed by atoms with van der Waals surface area (Å²) >= 11 is 2.60. The number of hydrogen-bond acceptors (Lipinski definition) is 12. The molecule has 5 rings (SSSR count). The molecule has 3 N–H and O–H groups in total. The number of benzene rings is 3. The first kappa shape index (κ1) is 30.0. The second-order valence-electron chi connectivity index (χ2n) is 9.42. The van der Waals surface area contributed by atoms with Gasteiger partial charge >= 0.3 is 0 Å². The lowest BCUT2D eigenvalue weighted by molar-refractivity contribution is -0.387. The van der Waals surface area contributed by atoms with Crippen LogP contribution in [0.2, 0.25) is 0 Å². The molecule has 1 fully saturated rings. The summed E-state index contributed by atoms with van der Waals surface area (Å²) < 4.78 is 29.7. The number of amides is 1. The van der Waals surface area contributed by atoms with E-state index in [2.05, 4.69) is 15.5 Å². The fraction of sp³-hybridized carbons (Fsp3) is 0.192. The van der Waals surface area contributed by atoms with Gasteiger partial charge in [0.1, 0.15) is 4.90 Å². The van der Waals surface area contributed by atoms with E-state index in [0.29, 0.717) is 14.8 Å². The van der Waals surface area contributed by atoms with Gasteiger partial charge in [-0.1, -0.05) is 30.0 Å². The van der Waals surface area contributed by atoms with E-state index >= 15 is 0 Å². The van der Waals surface area contributed by atoms with Crippen LogP contribution in [-0.2, 0) is 14.8 Å². The first-order valence-electron chi connectivity index (χ1n) is 12.7. The number of carbonyl (C=O) groups is 1. The average molecular weight is 642 g/mol. The van der Waals surface area contributed by atoms with Gasteiger partial charge in [0.15, 0.2) is 4.34 Å². The molecule has 0 aliphatic carbocycles. The number of nitro groups is 2. The maximum atomic E-state index is 13.5. The molecule has 14 nitrogen and oxygen atoms in total. The molecule has 1 aromatic heterocycles. The minimum Gasteiger partial charge on any atom is -0.369 e. The van der Waals surface area contributed by atoms with E-state index in [0.717, 1.165) is 26.7 Å². The third-order valence-corrected chi connectivity index (χ3v) is 10.8. The van der Waals surface area contributed by atoms with Crippen molar-refractivity contribution in [3.05, 3.63) is 86.5 Å². The molecular formula is C26H23N7O7S3. The quantitative estimate of drug-likeness (QED) is 0.140. The van der Waals surface area contributed by atoms with Crippen LogP contribution in [0.4, 0.5) is 17.1 Å². The van der Waals surface area contributed by atoms with Crippen LogP contribution in [0.3, 0.4) is 0 Å². The Balaban J connectivity index is 1.37. The van der Waals surface area contributed by atoms with E-state index in [9.17, 15) is 33.4 Å². The fourth-order valence-corrected chi connectivity index (χ4v) is 8.20. The number of nitrogens with zero attached hydrogens (tertiary/aromatic N) is 5. The van der Waals surface area contributed by atoms with Crippen LogP contribution in [0, 0.1) is 26.1 Å². The van der Waals surface area contributed by atoms with Crippen LogP contribution in [0.5, 0.6) is 0 Å². The number of piperidine rings is 1. The number of thiazole rings is 1. The number of carbonyl (C=O) groups excluding carboxylic acids is 1. The molecule has 0 radical (unpaired) electrons. The summed E-state index contributed by atoms with van der Waals surface area (Å²) in [6, 6.07) is 15.4. The van der Waals surface area contributed by atoms with Gasteiger partial charge in [0.05, 0.1) is 36.9 Å². The zero-order chi connectivity index (χ0) is 30.7. The van der Waals surface area contributed by atoms with Gasteiger partial charge < -0.3 is 5.73 Å². The monoisotopic (exact) mass is 641 g/mol. The third kappa shape index (κ3) is 6.64. The number of anilines is 1. The van der Waals surface area contributed by atoms with Crippen LogP contribution in [0.25, 0.3) is 10.2 Å². The van der Waals surface area contributed by atoms with Gasteiger partial charge in [-0.25, -0.2) is 13.4 Å². The maximum Gasteiger partial charge on any atom is 0.283 e. The van der Waals surface area contributed by atoms with Crippen LogP contribution < -0.4 is 11.2 Å². The highest BCUT2D eigenvalue weighted by atomic mass is 32.2. The van der Waals surface area contributed by atoms with Crippen molar-refractivity contribution in [2.75, 3.05) is 18.5 Å². The lowest BCUT2D eigenvalue weighted by atomic mass is 9.98. The molecule has 1 amide bonds. The Morgan fingerprint density at radius 1 is 1.09 bits per heavy atom. The van der Waals surface area contributed by atoms with Gasteiger partial charge in [0.2, 0.25) is 15.9 Å². The van der Waals surface area contributed by atoms with Crippen LogP contribution in [0.1, 0.15) is 18.4 Å². The molecule has 1 aliphatic heterocycles. The fourth-order valence-electron chi connectivity index (χ4n) is 4.46. The SMILES string of the molecule is NC(=O)C1CCN(S(=O)(=O)c2cc([N+](=O)[O-])ccc2N/N=C\c2ccc(Sc3nc4ccccc4s3)c([N+](=O)[O-])c2)CC1. The molecule has 43 heavy (non-hydrogen) atoms. The van der Waals surface area contributed by atoms with Crippen LogP contribution in [-0.4, -0.2) is 52.8 Å². The van der Waals surface area contributed by atoms with E-state index in [-0.39, 0.29) is 42.2 Å². The van der Waals surface area contributed by atoms with Gasteiger partial charge in [-0.2, -0.15) is 9.41 Å².